The molecule has 0 aliphatic carbocycles. The maximum atomic E-state index is 12.7. The number of likely N-dealkylation sites (tertiary alicyclic amines) is 1. The van der Waals surface area contributed by atoms with Gasteiger partial charge < -0.3 is 15.3 Å². The van der Waals surface area contributed by atoms with Crippen molar-refractivity contribution in [1.82, 2.24) is 10.2 Å². The van der Waals surface area contributed by atoms with Gasteiger partial charge in [-0.15, -0.1) is 0 Å². The van der Waals surface area contributed by atoms with Crippen LogP contribution in [0, 0.1) is 5.41 Å². The number of piperidine rings is 1. The van der Waals surface area contributed by atoms with Crippen LogP contribution in [-0.4, -0.2) is 48.2 Å². The number of hydrogen-bond acceptors (Lipinski definition) is 3. The van der Waals surface area contributed by atoms with Crippen LogP contribution in [0.1, 0.15) is 39.0 Å². The van der Waals surface area contributed by atoms with Crippen LogP contribution in [0.2, 0.25) is 0 Å². The Morgan fingerprint density at radius 2 is 2.35 bits per heavy atom. The van der Waals surface area contributed by atoms with Gasteiger partial charge in [-0.2, -0.15) is 0 Å². The van der Waals surface area contributed by atoms with E-state index in [1.165, 1.54) is 0 Å². The Morgan fingerprint density at radius 3 is 2.94 bits per heavy atom. The predicted molar refractivity (Wildman–Crippen MR) is 66.6 cm³/mol. The standard InChI is InChI=1S/C13H24N2O2/c1-2-13(6-4-7-14-10-13)12(17)15-8-3-5-11(15)9-16/h11,14,16H,2-10H2,1H3. The summed E-state index contributed by atoms with van der Waals surface area (Å²) in [5.74, 6) is 0.267. The number of carbonyl (C=O) groups is 1. The Bertz CT molecular complexity index is 275. The molecule has 2 rings (SSSR count). The molecular weight excluding hydrogens is 216 g/mol. The van der Waals surface area contributed by atoms with Crippen LogP contribution in [0.25, 0.3) is 0 Å². The minimum atomic E-state index is -0.212. The van der Waals surface area contributed by atoms with Gasteiger partial charge in [0, 0.05) is 13.1 Å². The molecule has 2 heterocycles. The molecule has 2 saturated heterocycles. The van der Waals surface area contributed by atoms with Gasteiger partial charge in [-0.05, 0) is 38.6 Å². The van der Waals surface area contributed by atoms with E-state index >= 15 is 0 Å². The fraction of sp³-hybridized carbons (Fsp3) is 0.923. The molecule has 2 N–H and O–H groups in total. The van der Waals surface area contributed by atoms with Crippen molar-refractivity contribution in [3.05, 3.63) is 0 Å². The lowest BCUT2D eigenvalue weighted by molar-refractivity contribution is -0.145. The highest BCUT2D eigenvalue weighted by molar-refractivity contribution is 5.83. The number of rotatable bonds is 3. The molecule has 4 nitrogen and oxygen atoms in total. The molecule has 4 heteroatoms. The van der Waals surface area contributed by atoms with Crippen molar-refractivity contribution in [3.63, 3.8) is 0 Å². The summed E-state index contributed by atoms with van der Waals surface area (Å²) in [6.45, 7) is 4.87. The molecule has 2 aliphatic heterocycles. The molecule has 0 bridgehead atoms. The first kappa shape index (κ1) is 12.8. The normalized spacial score (nSPS) is 34.0. The Kier molecular flexibility index (Phi) is 4.05. The number of amides is 1. The van der Waals surface area contributed by atoms with E-state index in [-0.39, 0.29) is 24.0 Å². The zero-order valence-corrected chi connectivity index (χ0v) is 10.7. The first-order valence-electron chi connectivity index (χ1n) is 6.86. The van der Waals surface area contributed by atoms with E-state index in [9.17, 15) is 9.90 Å². The third-order valence-corrected chi connectivity index (χ3v) is 4.45. The Morgan fingerprint density at radius 1 is 1.53 bits per heavy atom. The molecule has 0 aromatic carbocycles. The van der Waals surface area contributed by atoms with E-state index in [4.69, 9.17) is 0 Å². The molecule has 2 unspecified atom stereocenters. The number of hydrogen-bond donors (Lipinski definition) is 2. The van der Waals surface area contributed by atoms with Gasteiger partial charge in [-0.25, -0.2) is 0 Å². The van der Waals surface area contributed by atoms with Crippen LogP contribution in [0.4, 0.5) is 0 Å². The van der Waals surface area contributed by atoms with Gasteiger partial charge >= 0.3 is 0 Å². The topological polar surface area (TPSA) is 52.6 Å². The molecule has 2 atom stereocenters. The molecule has 17 heavy (non-hydrogen) atoms. The highest BCUT2D eigenvalue weighted by Crippen LogP contribution is 2.34. The van der Waals surface area contributed by atoms with E-state index in [1.54, 1.807) is 0 Å². The average molecular weight is 240 g/mol. The highest BCUT2D eigenvalue weighted by Gasteiger charge is 2.43. The van der Waals surface area contributed by atoms with Gasteiger partial charge in [0.25, 0.3) is 0 Å². The maximum Gasteiger partial charge on any atom is 0.230 e. The molecule has 1 amide bonds. The zero-order valence-electron chi connectivity index (χ0n) is 10.7. The molecule has 0 aromatic heterocycles. The second-order valence-electron chi connectivity index (χ2n) is 5.39. The van der Waals surface area contributed by atoms with Crippen LogP contribution in [-0.2, 0) is 4.79 Å². The number of carbonyl (C=O) groups excluding carboxylic acids is 1. The fourth-order valence-corrected chi connectivity index (χ4v) is 3.20. The lowest BCUT2D eigenvalue weighted by Gasteiger charge is -2.40. The predicted octanol–water partition coefficient (Wildman–Crippen LogP) is 0.750. The largest absolute Gasteiger partial charge is 0.394 e. The number of aliphatic hydroxyl groups excluding tert-OH is 1. The van der Waals surface area contributed by atoms with Crippen molar-refractivity contribution < 1.29 is 9.90 Å². The van der Waals surface area contributed by atoms with Gasteiger partial charge in [0.15, 0.2) is 0 Å². The van der Waals surface area contributed by atoms with Crippen LogP contribution >= 0.6 is 0 Å². The van der Waals surface area contributed by atoms with Crippen molar-refractivity contribution in [2.24, 2.45) is 5.41 Å². The Labute approximate surface area is 103 Å². The molecule has 0 aromatic rings. The van der Waals surface area contributed by atoms with E-state index in [0.717, 1.165) is 51.7 Å². The van der Waals surface area contributed by atoms with Crippen molar-refractivity contribution in [2.45, 2.75) is 45.1 Å². The SMILES string of the molecule is CCC1(C(=O)N2CCCC2CO)CCCNC1. The zero-order chi connectivity index (χ0) is 12.3. The fourth-order valence-electron chi connectivity index (χ4n) is 3.20. The van der Waals surface area contributed by atoms with Crippen molar-refractivity contribution in [3.8, 4) is 0 Å². The van der Waals surface area contributed by atoms with Crippen LogP contribution < -0.4 is 5.32 Å². The van der Waals surface area contributed by atoms with E-state index in [2.05, 4.69) is 12.2 Å². The van der Waals surface area contributed by atoms with Gasteiger partial charge in [0.2, 0.25) is 5.91 Å². The van der Waals surface area contributed by atoms with Gasteiger partial charge in [0.05, 0.1) is 18.1 Å². The summed E-state index contributed by atoms with van der Waals surface area (Å²) in [6.07, 6.45) is 4.95. The summed E-state index contributed by atoms with van der Waals surface area (Å²) in [7, 11) is 0. The van der Waals surface area contributed by atoms with Crippen molar-refractivity contribution >= 4 is 5.91 Å². The molecular formula is C13H24N2O2. The van der Waals surface area contributed by atoms with Gasteiger partial charge in [-0.3, -0.25) is 4.79 Å². The van der Waals surface area contributed by atoms with E-state index in [0.29, 0.717) is 0 Å². The second-order valence-corrected chi connectivity index (χ2v) is 5.39. The minimum absolute atomic E-state index is 0.0628. The molecule has 0 spiro atoms. The summed E-state index contributed by atoms with van der Waals surface area (Å²) in [5.41, 5.74) is -0.212. The molecule has 2 aliphatic rings. The second kappa shape index (κ2) is 5.36. The van der Waals surface area contributed by atoms with Gasteiger partial charge in [0.1, 0.15) is 0 Å². The average Bonchev–Trinajstić information content (AvgIpc) is 2.86. The molecule has 98 valence electrons. The first-order valence-corrected chi connectivity index (χ1v) is 6.86. The maximum absolute atomic E-state index is 12.7. The molecule has 0 radical (unpaired) electrons. The van der Waals surface area contributed by atoms with E-state index < -0.39 is 0 Å². The molecule has 2 fully saturated rings. The monoisotopic (exact) mass is 240 g/mol. The number of nitrogens with zero attached hydrogens (tertiary/aromatic N) is 1. The van der Waals surface area contributed by atoms with Crippen molar-refractivity contribution in [2.75, 3.05) is 26.2 Å². The summed E-state index contributed by atoms with van der Waals surface area (Å²) in [6, 6.07) is 0.0628. The number of nitrogens with one attached hydrogen (secondary N) is 1. The van der Waals surface area contributed by atoms with Gasteiger partial charge in [-0.1, -0.05) is 6.92 Å². The Hall–Kier alpha value is -0.610. The third-order valence-electron chi connectivity index (χ3n) is 4.45. The quantitative estimate of drug-likeness (QED) is 0.765. The van der Waals surface area contributed by atoms with Crippen LogP contribution in [0.5, 0.6) is 0 Å². The third kappa shape index (κ3) is 2.33. The molecule has 0 saturated carbocycles. The minimum Gasteiger partial charge on any atom is -0.394 e. The smallest absolute Gasteiger partial charge is 0.230 e. The van der Waals surface area contributed by atoms with Crippen molar-refractivity contribution in [1.29, 1.82) is 0 Å². The summed E-state index contributed by atoms with van der Waals surface area (Å²) in [5, 5.41) is 12.7. The summed E-state index contributed by atoms with van der Waals surface area (Å²) in [4.78, 5) is 14.6. The lowest BCUT2D eigenvalue weighted by atomic mass is 9.77. The Balaban J connectivity index is 2.10. The van der Waals surface area contributed by atoms with Crippen LogP contribution in [0.3, 0.4) is 0 Å². The lowest BCUT2D eigenvalue weighted by Crippen LogP contribution is -2.53. The highest BCUT2D eigenvalue weighted by atomic mass is 16.3. The summed E-state index contributed by atoms with van der Waals surface area (Å²) < 4.78 is 0. The van der Waals surface area contributed by atoms with E-state index in [1.807, 2.05) is 4.90 Å². The summed E-state index contributed by atoms with van der Waals surface area (Å²) >= 11 is 0. The van der Waals surface area contributed by atoms with Crippen LogP contribution in [0.15, 0.2) is 0 Å². The number of aliphatic hydroxyl groups is 1. The first-order chi connectivity index (χ1) is 8.23.